The fourth-order valence-electron chi connectivity index (χ4n) is 2.26. The summed E-state index contributed by atoms with van der Waals surface area (Å²) in [5.74, 6) is 0.626. The van der Waals surface area contributed by atoms with Crippen molar-refractivity contribution in [3.8, 4) is 5.75 Å². The number of benzene rings is 2. The highest BCUT2D eigenvalue weighted by molar-refractivity contribution is 5.95. The predicted octanol–water partition coefficient (Wildman–Crippen LogP) is 2.98. The fraction of sp³-hybridized carbons (Fsp3) is 0.200. The van der Waals surface area contributed by atoms with Crippen molar-refractivity contribution in [3.63, 3.8) is 0 Å². The number of carbonyl (C=O) groups excluding carboxylic acids is 2. The van der Waals surface area contributed by atoms with E-state index in [1.165, 1.54) is 0 Å². The van der Waals surface area contributed by atoms with Gasteiger partial charge in [0.15, 0.2) is 0 Å². The van der Waals surface area contributed by atoms with E-state index in [-0.39, 0.29) is 11.9 Å². The van der Waals surface area contributed by atoms with Gasteiger partial charge < -0.3 is 20.7 Å². The van der Waals surface area contributed by atoms with Crippen molar-refractivity contribution in [1.82, 2.24) is 10.6 Å². The number of rotatable bonds is 8. The summed E-state index contributed by atoms with van der Waals surface area (Å²) in [5.41, 5.74) is 2.26. The second-order valence-electron chi connectivity index (χ2n) is 5.56. The molecule has 0 unspecified atom stereocenters. The third-order valence-electron chi connectivity index (χ3n) is 3.67. The zero-order chi connectivity index (χ0) is 18.8. The second-order valence-corrected chi connectivity index (χ2v) is 5.56. The molecule has 3 N–H and O–H groups in total. The Morgan fingerprint density at radius 2 is 1.73 bits per heavy atom. The quantitative estimate of drug-likeness (QED) is 0.638. The summed E-state index contributed by atoms with van der Waals surface area (Å²) in [4.78, 5) is 23.7. The van der Waals surface area contributed by atoms with Gasteiger partial charge in [0.1, 0.15) is 5.75 Å². The first kappa shape index (κ1) is 19.1. The molecule has 2 rings (SSSR count). The Labute approximate surface area is 153 Å². The number of hydrogen-bond donors (Lipinski definition) is 3. The lowest BCUT2D eigenvalue weighted by Gasteiger charge is -2.09. The first-order chi connectivity index (χ1) is 12.6. The molecule has 0 saturated carbocycles. The normalized spacial score (nSPS) is 9.88. The average Bonchev–Trinajstić information content (AvgIpc) is 2.67. The molecular weight excluding hydrogens is 330 g/mol. The summed E-state index contributed by atoms with van der Waals surface area (Å²) in [6.45, 7) is 4.48. The van der Waals surface area contributed by atoms with Crippen LogP contribution in [0.25, 0.3) is 0 Å². The predicted molar refractivity (Wildman–Crippen MR) is 103 cm³/mol. The molecular formula is C20H23N3O3. The molecule has 0 fully saturated rings. The molecule has 0 heterocycles. The first-order valence-corrected chi connectivity index (χ1v) is 8.29. The molecule has 26 heavy (non-hydrogen) atoms. The summed E-state index contributed by atoms with van der Waals surface area (Å²) in [7, 11) is 1.63. The van der Waals surface area contributed by atoms with Gasteiger partial charge in [-0.25, -0.2) is 4.79 Å². The van der Waals surface area contributed by atoms with E-state index >= 15 is 0 Å². The van der Waals surface area contributed by atoms with Crippen molar-refractivity contribution in [2.75, 3.05) is 25.5 Å². The summed E-state index contributed by atoms with van der Waals surface area (Å²) < 4.78 is 5.11. The Morgan fingerprint density at radius 3 is 2.35 bits per heavy atom. The number of ether oxygens (including phenoxy) is 1. The summed E-state index contributed by atoms with van der Waals surface area (Å²) in [6.07, 6.45) is 2.34. The Morgan fingerprint density at radius 1 is 1.04 bits per heavy atom. The van der Waals surface area contributed by atoms with Gasteiger partial charge in [0, 0.05) is 24.3 Å². The Balaban J connectivity index is 1.76. The summed E-state index contributed by atoms with van der Waals surface area (Å²) >= 11 is 0. The highest BCUT2D eigenvalue weighted by atomic mass is 16.5. The highest BCUT2D eigenvalue weighted by Crippen LogP contribution is 2.12. The van der Waals surface area contributed by atoms with Crippen LogP contribution in [-0.4, -0.2) is 32.1 Å². The lowest BCUT2D eigenvalue weighted by Crippen LogP contribution is -2.30. The molecule has 6 heteroatoms. The number of urea groups is 1. The Kier molecular flexibility index (Phi) is 7.24. The van der Waals surface area contributed by atoms with Crippen molar-refractivity contribution in [2.24, 2.45) is 0 Å². The molecule has 0 aliphatic carbocycles. The minimum absolute atomic E-state index is 0.180. The van der Waals surface area contributed by atoms with Crippen LogP contribution in [-0.2, 0) is 6.42 Å². The number of methoxy groups -OCH3 is 1. The van der Waals surface area contributed by atoms with Gasteiger partial charge >= 0.3 is 6.03 Å². The number of nitrogens with one attached hydrogen (secondary N) is 3. The molecule has 0 radical (unpaired) electrons. The first-order valence-electron chi connectivity index (χ1n) is 8.29. The molecule has 2 aromatic carbocycles. The molecule has 0 spiro atoms. The highest BCUT2D eigenvalue weighted by Gasteiger charge is 2.05. The van der Waals surface area contributed by atoms with Crippen LogP contribution in [0.3, 0.4) is 0 Å². The molecule has 0 saturated heterocycles. The van der Waals surface area contributed by atoms with E-state index in [4.69, 9.17) is 4.74 Å². The maximum absolute atomic E-state index is 11.9. The molecule has 0 bridgehead atoms. The van der Waals surface area contributed by atoms with Gasteiger partial charge in [-0.05, 0) is 48.4 Å². The molecule has 6 nitrogen and oxygen atoms in total. The average molecular weight is 353 g/mol. The molecule has 2 aromatic rings. The van der Waals surface area contributed by atoms with E-state index in [1.807, 2.05) is 24.3 Å². The summed E-state index contributed by atoms with van der Waals surface area (Å²) in [6, 6.07) is 14.1. The van der Waals surface area contributed by atoms with Gasteiger partial charge in [-0.2, -0.15) is 0 Å². The monoisotopic (exact) mass is 353 g/mol. The van der Waals surface area contributed by atoms with Crippen LogP contribution in [0.5, 0.6) is 5.75 Å². The Bertz CT molecular complexity index is 740. The SMILES string of the molecule is C=CCNC(=O)c1ccc(NC(=O)NCCc2ccc(OC)cc2)cc1. The number of carbonyl (C=O) groups is 2. The molecule has 0 aliphatic heterocycles. The van der Waals surface area contributed by atoms with Gasteiger partial charge in [0.25, 0.3) is 5.91 Å². The van der Waals surface area contributed by atoms with Crippen LogP contribution < -0.4 is 20.7 Å². The van der Waals surface area contributed by atoms with E-state index in [9.17, 15) is 9.59 Å². The van der Waals surface area contributed by atoms with E-state index in [2.05, 4.69) is 22.5 Å². The van der Waals surface area contributed by atoms with E-state index in [0.717, 1.165) is 17.7 Å². The van der Waals surface area contributed by atoms with Crippen LogP contribution in [0.15, 0.2) is 61.2 Å². The smallest absolute Gasteiger partial charge is 0.319 e. The Hall–Kier alpha value is -3.28. The fourth-order valence-corrected chi connectivity index (χ4v) is 2.26. The lowest BCUT2D eigenvalue weighted by molar-refractivity contribution is 0.0958. The standard InChI is InChI=1S/C20H23N3O3/c1-3-13-21-19(24)16-6-8-17(9-7-16)23-20(25)22-14-12-15-4-10-18(26-2)11-5-15/h3-11H,1,12-14H2,2H3,(H,21,24)(H2,22,23,25). The van der Waals surface area contributed by atoms with E-state index < -0.39 is 0 Å². The summed E-state index contributed by atoms with van der Waals surface area (Å²) in [5, 5.41) is 8.23. The number of amides is 3. The number of anilines is 1. The van der Waals surface area contributed by atoms with Crippen molar-refractivity contribution in [2.45, 2.75) is 6.42 Å². The van der Waals surface area contributed by atoms with Crippen molar-refractivity contribution in [1.29, 1.82) is 0 Å². The minimum atomic E-state index is -0.289. The van der Waals surface area contributed by atoms with Crippen LogP contribution in [0.4, 0.5) is 10.5 Å². The van der Waals surface area contributed by atoms with Gasteiger partial charge in [-0.3, -0.25) is 4.79 Å². The van der Waals surface area contributed by atoms with Gasteiger partial charge in [0.2, 0.25) is 0 Å². The van der Waals surface area contributed by atoms with Crippen LogP contribution in [0.2, 0.25) is 0 Å². The van der Waals surface area contributed by atoms with Crippen LogP contribution in [0, 0.1) is 0 Å². The topological polar surface area (TPSA) is 79.5 Å². The lowest BCUT2D eigenvalue weighted by atomic mass is 10.1. The minimum Gasteiger partial charge on any atom is -0.497 e. The second kappa shape index (κ2) is 9.88. The van der Waals surface area contributed by atoms with Crippen LogP contribution in [0.1, 0.15) is 15.9 Å². The molecule has 0 aliphatic rings. The zero-order valence-corrected chi connectivity index (χ0v) is 14.7. The van der Waals surface area contributed by atoms with Crippen molar-refractivity contribution < 1.29 is 14.3 Å². The maximum atomic E-state index is 11.9. The van der Waals surface area contributed by atoms with Crippen molar-refractivity contribution in [3.05, 3.63) is 72.3 Å². The third kappa shape index (κ3) is 5.98. The van der Waals surface area contributed by atoms with E-state index in [0.29, 0.717) is 24.3 Å². The molecule has 136 valence electrons. The maximum Gasteiger partial charge on any atom is 0.319 e. The van der Waals surface area contributed by atoms with Crippen molar-refractivity contribution >= 4 is 17.6 Å². The molecule has 0 aromatic heterocycles. The van der Waals surface area contributed by atoms with E-state index in [1.54, 1.807) is 37.5 Å². The van der Waals surface area contributed by atoms with Crippen LogP contribution >= 0.6 is 0 Å². The van der Waals surface area contributed by atoms with Gasteiger partial charge in [-0.15, -0.1) is 6.58 Å². The van der Waals surface area contributed by atoms with Gasteiger partial charge in [-0.1, -0.05) is 18.2 Å². The molecule has 3 amide bonds. The zero-order valence-electron chi connectivity index (χ0n) is 14.7. The largest absolute Gasteiger partial charge is 0.497 e. The number of hydrogen-bond acceptors (Lipinski definition) is 3. The molecule has 0 atom stereocenters. The third-order valence-corrected chi connectivity index (χ3v) is 3.67. The van der Waals surface area contributed by atoms with Gasteiger partial charge in [0.05, 0.1) is 7.11 Å².